The highest BCUT2D eigenvalue weighted by Crippen LogP contribution is 2.21. The average Bonchev–Trinajstić information content (AvgIpc) is 2.96. The normalized spacial score (nSPS) is 13.5. The number of rotatable bonds is 6. The first-order chi connectivity index (χ1) is 11.2. The molecule has 0 bridgehead atoms. The zero-order valence-electron chi connectivity index (χ0n) is 13.8. The Morgan fingerprint density at radius 2 is 2.08 bits per heavy atom. The van der Waals surface area contributed by atoms with Gasteiger partial charge in [-0.1, -0.05) is 31.5 Å². The Morgan fingerprint density at radius 3 is 2.67 bits per heavy atom. The van der Waals surface area contributed by atoms with E-state index < -0.39 is 17.4 Å². The quantitative estimate of drug-likeness (QED) is 0.839. The molecule has 0 aliphatic heterocycles. The topological polar surface area (TPSA) is 84.2 Å². The molecular weight excluding hydrogens is 330 g/mol. The lowest BCUT2D eigenvalue weighted by Crippen LogP contribution is -2.51. The molecule has 0 aliphatic carbocycles. The monoisotopic (exact) mass is 349 g/mol. The van der Waals surface area contributed by atoms with E-state index in [0.717, 1.165) is 5.69 Å². The van der Waals surface area contributed by atoms with Gasteiger partial charge in [0.05, 0.1) is 17.6 Å². The van der Waals surface area contributed by atoms with E-state index >= 15 is 0 Å². The molecule has 6 nitrogen and oxygen atoms in total. The average molecular weight is 350 g/mol. The second kappa shape index (κ2) is 7.05. The van der Waals surface area contributed by atoms with Crippen LogP contribution in [0.15, 0.2) is 36.5 Å². The van der Waals surface area contributed by atoms with Gasteiger partial charge in [-0.2, -0.15) is 5.10 Å². The first-order valence-corrected chi connectivity index (χ1v) is 7.95. The number of carbonyl (C=O) groups is 2. The highest BCUT2D eigenvalue weighted by molar-refractivity contribution is 6.30. The van der Waals surface area contributed by atoms with Crippen molar-refractivity contribution in [1.82, 2.24) is 15.1 Å². The van der Waals surface area contributed by atoms with Gasteiger partial charge in [0, 0.05) is 11.2 Å². The highest BCUT2D eigenvalue weighted by atomic mass is 35.5. The van der Waals surface area contributed by atoms with Crippen LogP contribution in [0.1, 0.15) is 37.7 Å². The number of amides is 1. The molecule has 1 aromatic carbocycles. The number of benzene rings is 1. The summed E-state index contributed by atoms with van der Waals surface area (Å²) in [6.45, 7) is 5.46. The standard InChI is InChI=1S/C17H20ClN3O3/c1-11(2)17(3,10-15(22)23)19-16(24)14-7-8-21(20-14)13-6-4-5-12(18)9-13/h4-9,11H,10H2,1-3H3,(H,19,24)(H,22,23). The first kappa shape index (κ1) is 18.0. The fourth-order valence-corrected chi connectivity index (χ4v) is 2.42. The minimum atomic E-state index is -0.962. The Labute approximate surface area is 145 Å². The number of carboxylic acids is 1. The lowest BCUT2D eigenvalue weighted by Gasteiger charge is -2.33. The first-order valence-electron chi connectivity index (χ1n) is 7.57. The van der Waals surface area contributed by atoms with E-state index in [4.69, 9.17) is 16.7 Å². The smallest absolute Gasteiger partial charge is 0.305 e. The van der Waals surface area contributed by atoms with Gasteiger partial charge in [0.1, 0.15) is 0 Å². The van der Waals surface area contributed by atoms with Crippen LogP contribution in [0.5, 0.6) is 0 Å². The molecule has 2 rings (SSSR count). The Bertz CT molecular complexity index is 757. The molecule has 0 fully saturated rings. The minimum absolute atomic E-state index is 0.0486. The number of hydrogen-bond acceptors (Lipinski definition) is 3. The molecule has 1 aromatic heterocycles. The second-order valence-corrected chi connectivity index (χ2v) is 6.66. The summed E-state index contributed by atoms with van der Waals surface area (Å²) in [5, 5.41) is 16.7. The predicted molar refractivity (Wildman–Crippen MR) is 91.5 cm³/mol. The van der Waals surface area contributed by atoms with Gasteiger partial charge in [0.25, 0.3) is 5.91 Å². The van der Waals surface area contributed by atoms with Gasteiger partial charge in [-0.05, 0) is 37.1 Å². The molecular formula is C17H20ClN3O3. The molecule has 0 aliphatic rings. The van der Waals surface area contributed by atoms with Crippen LogP contribution in [0.3, 0.4) is 0 Å². The summed E-state index contributed by atoms with van der Waals surface area (Å²) in [5.74, 6) is -1.42. The Morgan fingerprint density at radius 1 is 1.38 bits per heavy atom. The third kappa shape index (κ3) is 4.14. The largest absolute Gasteiger partial charge is 0.481 e. The van der Waals surface area contributed by atoms with Gasteiger partial charge in [0.2, 0.25) is 0 Å². The van der Waals surface area contributed by atoms with Crippen LogP contribution in [-0.2, 0) is 4.79 Å². The van der Waals surface area contributed by atoms with E-state index in [1.807, 2.05) is 19.9 Å². The second-order valence-electron chi connectivity index (χ2n) is 6.22. The van der Waals surface area contributed by atoms with E-state index in [2.05, 4.69) is 10.4 Å². The van der Waals surface area contributed by atoms with Crippen molar-refractivity contribution < 1.29 is 14.7 Å². The van der Waals surface area contributed by atoms with Gasteiger partial charge in [0.15, 0.2) is 5.69 Å². The molecule has 7 heteroatoms. The van der Waals surface area contributed by atoms with Crippen LogP contribution in [0.2, 0.25) is 5.02 Å². The van der Waals surface area contributed by atoms with Crippen LogP contribution in [-0.4, -0.2) is 32.3 Å². The minimum Gasteiger partial charge on any atom is -0.481 e. The maximum absolute atomic E-state index is 12.5. The Balaban J connectivity index is 2.20. The Hall–Kier alpha value is -2.34. The molecule has 0 radical (unpaired) electrons. The van der Waals surface area contributed by atoms with Crippen LogP contribution in [0.25, 0.3) is 5.69 Å². The summed E-state index contributed by atoms with van der Waals surface area (Å²) < 4.78 is 1.55. The summed E-state index contributed by atoms with van der Waals surface area (Å²) in [6.07, 6.45) is 1.50. The number of nitrogens with zero attached hydrogens (tertiary/aromatic N) is 2. The maximum Gasteiger partial charge on any atom is 0.305 e. The molecule has 24 heavy (non-hydrogen) atoms. The van der Waals surface area contributed by atoms with Crippen LogP contribution in [0, 0.1) is 5.92 Å². The summed E-state index contributed by atoms with van der Waals surface area (Å²) in [5.41, 5.74) is 0.0916. The molecule has 1 atom stereocenters. The lowest BCUT2D eigenvalue weighted by atomic mass is 9.85. The number of nitrogens with one attached hydrogen (secondary N) is 1. The zero-order chi connectivity index (χ0) is 17.9. The number of hydrogen-bond donors (Lipinski definition) is 2. The maximum atomic E-state index is 12.5. The molecule has 2 N–H and O–H groups in total. The van der Waals surface area contributed by atoms with Gasteiger partial charge in [-0.3, -0.25) is 9.59 Å². The van der Waals surface area contributed by atoms with E-state index in [1.54, 1.807) is 42.1 Å². The molecule has 128 valence electrons. The zero-order valence-corrected chi connectivity index (χ0v) is 14.5. The molecule has 1 unspecified atom stereocenters. The number of carbonyl (C=O) groups excluding carboxylic acids is 1. The number of aromatic nitrogens is 2. The van der Waals surface area contributed by atoms with Gasteiger partial charge in [-0.15, -0.1) is 0 Å². The molecule has 1 amide bonds. The van der Waals surface area contributed by atoms with Crippen molar-refractivity contribution in [3.8, 4) is 5.69 Å². The molecule has 1 heterocycles. The summed E-state index contributed by atoms with van der Waals surface area (Å²) >= 11 is 5.96. The van der Waals surface area contributed by atoms with Crippen molar-refractivity contribution >= 4 is 23.5 Å². The SMILES string of the molecule is CC(C)C(C)(CC(=O)O)NC(=O)c1ccn(-c2cccc(Cl)c2)n1. The van der Waals surface area contributed by atoms with E-state index in [-0.39, 0.29) is 18.0 Å². The molecule has 0 saturated heterocycles. The van der Waals surface area contributed by atoms with E-state index in [9.17, 15) is 9.59 Å². The highest BCUT2D eigenvalue weighted by Gasteiger charge is 2.33. The third-order valence-electron chi connectivity index (χ3n) is 4.09. The van der Waals surface area contributed by atoms with Gasteiger partial charge >= 0.3 is 5.97 Å². The van der Waals surface area contributed by atoms with E-state index in [1.165, 1.54) is 0 Å². The van der Waals surface area contributed by atoms with Gasteiger partial charge < -0.3 is 10.4 Å². The van der Waals surface area contributed by atoms with Gasteiger partial charge in [-0.25, -0.2) is 4.68 Å². The summed E-state index contributed by atoms with van der Waals surface area (Å²) in [6, 6.07) is 8.68. The van der Waals surface area contributed by atoms with E-state index in [0.29, 0.717) is 5.02 Å². The van der Waals surface area contributed by atoms with Crippen LogP contribution in [0.4, 0.5) is 0 Å². The molecule has 0 spiro atoms. The third-order valence-corrected chi connectivity index (χ3v) is 4.32. The van der Waals surface area contributed by atoms with Crippen molar-refractivity contribution in [1.29, 1.82) is 0 Å². The number of halogens is 1. The lowest BCUT2D eigenvalue weighted by molar-refractivity contribution is -0.138. The fraction of sp³-hybridized carbons (Fsp3) is 0.353. The van der Waals surface area contributed by atoms with Crippen LogP contribution < -0.4 is 5.32 Å². The fourth-order valence-electron chi connectivity index (χ4n) is 2.24. The molecule has 0 saturated carbocycles. The van der Waals surface area contributed by atoms with Crippen molar-refractivity contribution in [2.75, 3.05) is 0 Å². The van der Waals surface area contributed by atoms with Crippen molar-refractivity contribution in [2.24, 2.45) is 5.92 Å². The summed E-state index contributed by atoms with van der Waals surface area (Å²) in [7, 11) is 0. The van der Waals surface area contributed by atoms with Crippen molar-refractivity contribution in [3.05, 3.63) is 47.2 Å². The van der Waals surface area contributed by atoms with Crippen LogP contribution >= 0.6 is 11.6 Å². The number of aliphatic carboxylic acids is 1. The summed E-state index contributed by atoms with van der Waals surface area (Å²) in [4.78, 5) is 23.5. The number of carboxylic acid groups (broad SMARTS) is 1. The van der Waals surface area contributed by atoms with Crippen molar-refractivity contribution in [2.45, 2.75) is 32.7 Å². The molecule has 2 aromatic rings. The predicted octanol–water partition coefficient (Wildman–Crippen LogP) is 3.14. The van der Waals surface area contributed by atoms with Crippen molar-refractivity contribution in [3.63, 3.8) is 0 Å². The Kier molecular flexibility index (Phi) is 5.29.